The van der Waals surface area contributed by atoms with Crippen molar-refractivity contribution in [2.75, 3.05) is 43.1 Å². The number of nitrogens with zero attached hydrogens (tertiary/aromatic N) is 3. The summed E-state index contributed by atoms with van der Waals surface area (Å²) in [5.41, 5.74) is 2.70. The summed E-state index contributed by atoms with van der Waals surface area (Å²) in [5, 5.41) is 12.2. The van der Waals surface area contributed by atoms with Crippen LogP contribution in [0.15, 0.2) is 36.5 Å². The number of rotatable bonds is 9. The van der Waals surface area contributed by atoms with Crippen LogP contribution in [0.2, 0.25) is 0 Å². The Morgan fingerprint density at radius 2 is 2.14 bits per heavy atom. The molecule has 1 saturated heterocycles. The standard InChI is InChI=1S/C22H28N4O3/c1-2-3-4-10-23-22-24-16-19(21(25-22)26-11-13-29-14-12-26)18-7-5-6-17(15-18)8-9-20(27)28/h5-9,15-16H,2-4,10-14H2,1H3,(H,27,28)(H,23,24,25). The lowest BCUT2D eigenvalue weighted by Gasteiger charge is -2.29. The number of hydrogen-bond acceptors (Lipinski definition) is 6. The molecule has 154 valence electrons. The number of hydrogen-bond donors (Lipinski definition) is 2. The Hall–Kier alpha value is -2.93. The maximum absolute atomic E-state index is 10.8. The van der Waals surface area contributed by atoms with Crippen LogP contribution in [0.25, 0.3) is 17.2 Å². The first-order valence-corrected chi connectivity index (χ1v) is 10.1. The van der Waals surface area contributed by atoms with E-state index in [2.05, 4.69) is 22.1 Å². The highest BCUT2D eigenvalue weighted by Gasteiger charge is 2.19. The minimum absolute atomic E-state index is 0.633. The smallest absolute Gasteiger partial charge is 0.328 e. The van der Waals surface area contributed by atoms with Gasteiger partial charge in [-0.05, 0) is 29.7 Å². The zero-order valence-corrected chi connectivity index (χ0v) is 16.8. The first-order valence-electron chi connectivity index (χ1n) is 10.1. The van der Waals surface area contributed by atoms with Gasteiger partial charge in [0, 0.05) is 37.5 Å². The number of carboxylic acids is 1. The third-order valence-corrected chi connectivity index (χ3v) is 4.76. The average Bonchev–Trinajstić information content (AvgIpc) is 2.76. The van der Waals surface area contributed by atoms with E-state index in [4.69, 9.17) is 14.8 Å². The second-order valence-corrected chi connectivity index (χ2v) is 6.96. The Labute approximate surface area is 171 Å². The molecule has 1 fully saturated rings. The summed E-state index contributed by atoms with van der Waals surface area (Å²) in [5.74, 6) is 0.542. The molecular formula is C22H28N4O3. The van der Waals surface area contributed by atoms with E-state index >= 15 is 0 Å². The molecule has 0 aliphatic carbocycles. The first kappa shape index (κ1) is 20.8. The van der Waals surface area contributed by atoms with Gasteiger partial charge in [-0.15, -0.1) is 0 Å². The van der Waals surface area contributed by atoms with E-state index in [9.17, 15) is 4.79 Å². The zero-order valence-electron chi connectivity index (χ0n) is 16.8. The van der Waals surface area contributed by atoms with Crippen LogP contribution in [-0.2, 0) is 9.53 Å². The third-order valence-electron chi connectivity index (χ3n) is 4.76. The Balaban J connectivity index is 1.90. The fourth-order valence-electron chi connectivity index (χ4n) is 3.23. The third kappa shape index (κ3) is 6.02. The summed E-state index contributed by atoms with van der Waals surface area (Å²) in [6.07, 6.45) is 8.02. The number of carbonyl (C=O) groups is 1. The number of unbranched alkanes of at least 4 members (excludes halogenated alkanes) is 2. The molecule has 0 amide bonds. The lowest BCUT2D eigenvalue weighted by molar-refractivity contribution is -0.131. The van der Waals surface area contributed by atoms with Gasteiger partial charge in [-0.1, -0.05) is 38.0 Å². The topological polar surface area (TPSA) is 87.6 Å². The summed E-state index contributed by atoms with van der Waals surface area (Å²) in [7, 11) is 0. The number of ether oxygens (including phenoxy) is 1. The SMILES string of the molecule is CCCCCNc1ncc(-c2cccc(C=CC(=O)O)c2)c(N2CCOCC2)n1. The monoisotopic (exact) mass is 396 g/mol. The van der Waals surface area contributed by atoms with Crippen LogP contribution in [-0.4, -0.2) is 53.9 Å². The lowest BCUT2D eigenvalue weighted by atomic mass is 10.0. The molecule has 0 bridgehead atoms. The normalized spacial score (nSPS) is 14.3. The van der Waals surface area contributed by atoms with Crippen LogP contribution in [0.5, 0.6) is 0 Å². The van der Waals surface area contributed by atoms with Crippen molar-refractivity contribution in [2.24, 2.45) is 0 Å². The number of nitrogens with one attached hydrogen (secondary N) is 1. The molecule has 7 heteroatoms. The van der Waals surface area contributed by atoms with Gasteiger partial charge in [-0.25, -0.2) is 9.78 Å². The summed E-state index contributed by atoms with van der Waals surface area (Å²) in [6.45, 7) is 5.93. The van der Waals surface area contributed by atoms with E-state index in [0.29, 0.717) is 19.2 Å². The number of morpholine rings is 1. The molecule has 7 nitrogen and oxygen atoms in total. The molecule has 0 atom stereocenters. The molecule has 2 aromatic rings. The minimum Gasteiger partial charge on any atom is -0.478 e. The molecule has 0 unspecified atom stereocenters. The zero-order chi connectivity index (χ0) is 20.5. The van der Waals surface area contributed by atoms with Gasteiger partial charge in [0.05, 0.1) is 13.2 Å². The van der Waals surface area contributed by atoms with Crippen molar-refractivity contribution in [3.05, 3.63) is 42.1 Å². The lowest BCUT2D eigenvalue weighted by Crippen LogP contribution is -2.37. The molecule has 0 saturated carbocycles. The Morgan fingerprint density at radius 1 is 1.31 bits per heavy atom. The fraction of sp³-hybridized carbons (Fsp3) is 0.409. The Kier molecular flexibility index (Phi) is 7.58. The van der Waals surface area contributed by atoms with Crippen LogP contribution >= 0.6 is 0 Å². The maximum atomic E-state index is 10.8. The maximum Gasteiger partial charge on any atom is 0.328 e. The predicted molar refractivity (Wildman–Crippen MR) is 115 cm³/mol. The summed E-state index contributed by atoms with van der Waals surface area (Å²) >= 11 is 0. The largest absolute Gasteiger partial charge is 0.478 e. The quantitative estimate of drug-likeness (QED) is 0.494. The number of benzene rings is 1. The van der Waals surface area contributed by atoms with Crippen LogP contribution in [0.4, 0.5) is 11.8 Å². The Morgan fingerprint density at radius 3 is 2.90 bits per heavy atom. The summed E-state index contributed by atoms with van der Waals surface area (Å²) in [6, 6.07) is 7.74. The number of aliphatic carboxylic acids is 1. The molecule has 1 aromatic carbocycles. The number of anilines is 2. The molecule has 3 rings (SSSR count). The summed E-state index contributed by atoms with van der Waals surface area (Å²) in [4.78, 5) is 22.4. The van der Waals surface area contributed by atoms with Gasteiger partial charge < -0.3 is 20.1 Å². The van der Waals surface area contributed by atoms with Gasteiger partial charge in [0.25, 0.3) is 0 Å². The van der Waals surface area contributed by atoms with Crippen LogP contribution in [0, 0.1) is 0 Å². The van der Waals surface area contributed by atoms with Gasteiger partial charge in [0.2, 0.25) is 5.95 Å². The van der Waals surface area contributed by atoms with Crippen molar-refractivity contribution in [3.8, 4) is 11.1 Å². The fourth-order valence-corrected chi connectivity index (χ4v) is 3.23. The molecule has 1 aliphatic rings. The van der Waals surface area contributed by atoms with E-state index in [-0.39, 0.29) is 0 Å². The Bertz CT molecular complexity index is 848. The molecule has 1 aliphatic heterocycles. The summed E-state index contributed by atoms with van der Waals surface area (Å²) < 4.78 is 5.50. The molecule has 2 N–H and O–H groups in total. The van der Waals surface area contributed by atoms with Crippen LogP contribution < -0.4 is 10.2 Å². The van der Waals surface area contributed by atoms with Crippen molar-refractivity contribution in [3.63, 3.8) is 0 Å². The second kappa shape index (κ2) is 10.6. The average molecular weight is 396 g/mol. The van der Waals surface area contributed by atoms with Crippen molar-refractivity contribution in [1.29, 1.82) is 0 Å². The van der Waals surface area contributed by atoms with Crippen LogP contribution in [0.1, 0.15) is 31.7 Å². The molecule has 0 radical (unpaired) electrons. The van der Waals surface area contributed by atoms with Crippen molar-refractivity contribution < 1.29 is 14.6 Å². The molecule has 1 aromatic heterocycles. The highest BCUT2D eigenvalue weighted by molar-refractivity contribution is 5.86. The van der Waals surface area contributed by atoms with Crippen molar-refractivity contribution in [1.82, 2.24) is 9.97 Å². The minimum atomic E-state index is -0.966. The van der Waals surface area contributed by atoms with E-state index in [1.54, 1.807) is 6.08 Å². The van der Waals surface area contributed by atoms with Gasteiger partial charge in [0.15, 0.2) is 0 Å². The number of aromatic nitrogens is 2. The second-order valence-electron chi connectivity index (χ2n) is 6.96. The molecular weight excluding hydrogens is 368 g/mol. The predicted octanol–water partition coefficient (Wildman–Crippen LogP) is 3.68. The van der Waals surface area contributed by atoms with Gasteiger partial charge in [-0.3, -0.25) is 0 Å². The highest BCUT2D eigenvalue weighted by atomic mass is 16.5. The molecule has 29 heavy (non-hydrogen) atoms. The van der Waals surface area contributed by atoms with E-state index in [1.807, 2.05) is 30.5 Å². The van der Waals surface area contributed by atoms with Crippen molar-refractivity contribution >= 4 is 23.8 Å². The van der Waals surface area contributed by atoms with Gasteiger partial charge in [-0.2, -0.15) is 4.98 Å². The first-order chi connectivity index (χ1) is 14.2. The number of carboxylic acid groups (broad SMARTS) is 1. The van der Waals surface area contributed by atoms with E-state index < -0.39 is 5.97 Å². The highest BCUT2D eigenvalue weighted by Crippen LogP contribution is 2.31. The van der Waals surface area contributed by atoms with Gasteiger partial charge >= 0.3 is 5.97 Å². The molecule has 2 heterocycles. The van der Waals surface area contributed by atoms with Crippen LogP contribution in [0.3, 0.4) is 0 Å². The molecule has 0 spiro atoms. The van der Waals surface area contributed by atoms with Gasteiger partial charge in [0.1, 0.15) is 5.82 Å². The van der Waals surface area contributed by atoms with Crippen molar-refractivity contribution in [2.45, 2.75) is 26.2 Å². The van der Waals surface area contributed by atoms with E-state index in [0.717, 1.165) is 54.6 Å². The van der Waals surface area contributed by atoms with E-state index in [1.165, 1.54) is 12.8 Å².